The number of Topliss-reactive ketones (excluding diaryl/α,β-unsaturated/α-hetero) is 3. The van der Waals surface area contributed by atoms with Gasteiger partial charge in [-0.15, -0.1) is 0 Å². The topological polar surface area (TPSA) is 63.2 Å². The number of unbranched alkanes of at least 4 members (excludes halogenated alkanes) is 1. The number of benzene rings is 2. The van der Waals surface area contributed by atoms with E-state index in [-0.39, 0.29) is 23.3 Å². The van der Waals surface area contributed by atoms with E-state index in [0.717, 1.165) is 43.9 Å². The van der Waals surface area contributed by atoms with Crippen molar-refractivity contribution >= 4 is 23.0 Å². The molecule has 0 radical (unpaired) electrons. The second-order valence-corrected chi connectivity index (χ2v) is 10.8. The monoisotopic (exact) mass is 607 g/mol. The van der Waals surface area contributed by atoms with Crippen molar-refractivity contribution in [2.75, 3.05) is 11.9 Å². The highest BCUT2D eigenvalue weighted by Gasteiger charge is 2.33. The SMILES string of the molecule is CCC.CCC(C)=O.CCCCC(C)c1ccccc1C(F)(F)F.CCc1cc(CCC(C)=O)ccc1NCCC(C)=O. The molecule has 2 aromatic carbocycles. The average Bonchev–Trinajstić information content (AvgIpc) is 2.95. The van der Waals surface area contributed by atoms with E-state index in [1.54, 1.807) is 32.9 Å². The second-order valence-electron chi connectivity index (χ2n) is 10.8. The zero-order valence-corrected chi connectivity index (χ0v) is 28.0. The Balaban J connectivity index is 0. The average molecular weight is 608 g/mol. The van der Waals surface area contributed by atoms with Crippen molar-refractivity contribution in [2.45, 2.75) is 132 Å². The summed E-state index contributed by atoms with van der Waals surface area (Å²) < 4.78 is 38.2. The summed E-state index contributed by atoms with van der Waals surface area (Å²) in [6.45, 7) is 17.6. The minimum absolute atomic E-state index is 0.0298. The molecule has 0 bridgehead atoms. The molecule has 1 unspecified atom stereocenters. The summed E-state index contributed by atoms with van der Waals surface area (Å²) in [5.74, 6) is 0.646. The van der Waals surface area contributed by atoms with E-state index in [2.05, 4.69) is 44.3 Å². The number of halogens is 3. The summed E-state index contributed by atoms with van der Waals surface area (Å²) in [7, 11) is 0. The fraction of sp³-hybridized carbons (Fsp3) is 0.583. The normalized spacial score (nSPS) is 11.0. The number of carbonyl (C=O) groups excluding carboxylic acids is 3. The Kier molecular flexibility index (Phi) is 24.0. The fourth-order valence-electron chi connectivity index (χ4n) is 3.81. The first kappa shape index (κ1) is 42.2. The van der Waals surface area contributed by atoms with Crippen LogP contribution >= 0.6 is 0 Å². The second kappa shape index (κ2) is 24.5. The molecule has 2 rings (SSSR count). The predicted molar refractivity (Wildman–Crippen MR) is 175 cm³/mol. The van der Waals surface area contributed by atoms with Crippen molar-refractivity contribution in [2.24, 2.45) is 0 Å². The maximum absolute atomic E-state index is 12.7. The molecule has 4 nitrogen and oxygen atoms in total. The number of hydrogen-bond acceptors (Lipinski definition) is 4. The van der Waals surface area contributed by atoms with Crippen LogP contribution in [0.15, 0.2) is 42.5 Å². The number of rotatable bonds is 13. The quantitative estimate of drug-likeness (QED) is 0.246. The molecule has 0 aliphatic carbocycles. The van der Waals surface area contributed by atoms with Gasteiger partial charge in [0, 0.05) is 31.5 Å². The third-order valence-corrected chi connectivity index (χ3v) is 6.39. The van der Waals surface area contributed by atoms with E-state index in [1.165, 1.54) is 23.6 Å². The highest BCUT2D eigenvalue weighted by Crippen LogP contribution is 2.36. The molecule has 43 heavy (non-hydrogen) atoms. The zero-order chi connectivity index (χ0) is 33.4. The summed E-state index contributed by atoms with van der Waals surface area (Å²) in [5.41, 5.74) is 3.46. The molecular weight excluding hydrogens is 551 g/mol. The number of anilines is 1. The predicted octanol–water partition coefficient (Wildman–Crippen LogP) is 10.6. The Morgan fingerprint density at radius 2 is 1.40 bits per heavy atom. The van der Waals surface area contributed by atoms with Gasteiger partial charge in [0.1, 0.15) is 17.3 Å². The third kappa shape index (κ3) is 21.4. The number of carbonyl (C=O) groups is 3. The maximum Gasteiger partial charge on any atom is 0.416 e. The number of aryl methyl sites for hydroxylation is 2. The van der Waals surface area contributed by atoms with Crippen LogP contribution < -0.4 is 5.32 Å². The highest BCUT2D eigenvalue weighted by atomic mass is 19.4. The van der Waals surface area contributed by atoms with Gasteiger partial charge in [-0.25, -0.2) is 0 Å². The molecular formula is C36H56F3NO3. The van der Waals surface area contributed by atoms with Crippen molar-refractivity contribution < 1.29 is 27.6 Å². The van der Waals surface area contributed by atoms with Gasteiger partial charge < -0.3 is 14.9 Å². The Morgan fingerprint density at radius 3 is 1.86 bits per heavy atom. The Labute approximate surface area is 259 Å². The zero-order valence-electron chi connectivity index (χ0n) is 28.0. The molecule has 0 aromatic heterocycles. The maximum atomic E-state index is 12.7. The molecule has 1 atom stereocenters. The largest absolute Gasteiger partial charge is 0.416 e. The van der Waals surface area contributed by atoms with Crippen LogP contribution in [0, 0.1) is 0 Å². The van der Waals surface area contributed by atoms with Gasteiger partial charge in [0.15, 0.2) is 0 Å². The van der Waals surface area contributed by atoms with E-state index < -0.39 is 11.7 Å². The van der Waals surface area contributed by atoms with Crippen molar-refractivity contribution in [3.05, 3.63) is 64.7 Å². The van der Waals surface area contributed by atoms with Crippen molar-refractivity contribution in [1.82, 2.24) is 0 Å². The van der Waals surface area contributed by atoms with E-state index >= 15 is 0 Å². The first-order valence-electron chi connectivity index (χ1n) is 15.7. The third-order valence-electron chi connectivity index (χ3n) is 6.39. The molecule has 0 amide bonds. The van der Waals surface area contributed by atoms with Crippen LogP contribution in [0.5, 0.6) is 0 Å². The van der Waals surface area contributed by atoms with Crippen molar-refractivity contribution in [3.8, 4) is 0 Å². The van der Waals surface area contributed by atoms with Gasteiger partial charge in [0.25, 0.3) is 0 Å². The summed E-state index contributed by atoms with van der Waals surface area (Å²) >= 11 is 0. The van der Waals surface area contributed by atoms with Crippen LogP contribution in [0.2, 0.25) is 0 Å². The molecule has 0 aliphatic rings. The van der Waals surface area contributed by atoms with Crippen LogP contribution in [-0.4, -0.2) is 23.9 Å². The fourth-order valence-corrected chi connectivity index (χ4v) is 3.81. The number of ketones is 3. The molecule has 1 N–H and O–H groups in total. The van der Waals surface area contributed by atoms with Crippen LogP contribution in [0.25, 0.3) is 0 Å². The molecule has 0 heterocycles. The Bertz CT molecular complexity index is 1060. The summed E-state index contributed by atoms with van der Waals surface area (Å²) in [6.07, 6.45) is 3.36. The van der Waals surface area contributed by atoms with Crippen LogP contribution in [0.3, 0.4) is 0 Å². The van der Waals surface area contributed by atoms with E-state index in [9.17, 15) is 27.6 Å². The number of alkyl halides is 3. The molecule has 7 heteroatoms. The van der Waals surface area contributed by atoms with Crippen LogP contribution in [0.4, 0.5) is 18.9 Å². The minimum atomic E-state index is -4.24. The molecule has 0 fully saturated rings. The van der Waals surface area contributed by atoms with Crippen molar-refractivity contribution in [1.29, 1.82) is 0 Å². The first-order valence-corrected chi connectivity index (χ1v) is 15.7. The summed E-state index contributed by atoms with van der Waals surface area (Å²) in [6, 6.07) is 12.1. The van der Waals surface area contributed by atoms with Gasteiger partial charge in [0.2, 0.25) is 0 Å². The van der Waals surface area contributed by atoms with E-state index in [4.69, 9.17) is 0 Å². The van der Waals surface area contributed by atoms with Gasteiger partial charge in [-0.2, -0.15) is 13.2 Å². The molecule has 0 saturated heterocycles. The van der Waals surface area contributed by atoms with E-state index in [0.29, 0.717) is 31.4 Å². The lowest BCUT2D eigenvalue weighted by Crippen LogP contribution is -2.10. The van der Waals surface area contributed by atoms with Gasteiger partial charge in [-0.05, 0) is 74.8 Å². The van der Waals surface area contributed by atoms with Crippen LogP contribution in [0.1, 0.15) is 135 Å². The minimum Gasteiger partial charge on any atom is -0.384 e. The van der Waals surface area contributed by atoms with Crippen molar-refractivity contribution in [3.63, 3.8) is 0 Å². The smallest absolute Gasteiger partial charge is 0.384 e. The van der Waals surface area contributed by atoms with Gasteiger partial charge in [-0.1, -0.05) is 91.1 Å². The van der Waals surface area contributed by atoms with Gasteiger partial charge in [0.05, 0.1) is 5.56 Å². The molecule has 2 aromatic rings. The molecule has 244 valence electrons. The van der Waals surface area contributed by atoms with E-state index in [1.807, 2.05) is 20.8 Å². The standard InChI is InChI=1S/C16H23NO2.C13H17F3.C4H8O.C3H8/c1-4-15-11-14(6-5-12(2)18)7-8-16(15)17-10-9-13(3)19;1-3-4-7-10(2)11-8-5-6-9-12(11)13(14,15)16;1-3-4(2)5;1-3-2/h7-8,11,17H,4-6,9-10H2,1-3H3;5-6,8-10H,3-4,7H2,1-2H3;3H2,1-2H3;3H2,1-2H3. The highest BCUT2D eigenvalue weighted by molar-refractivity contribution is 5.76. The number of hydrogen-bond donors (Lipinski definition) is 1. The molecule has 0 spiro atoms. The lowest BCUT2D eigenvalue weighted by molar-refractivity contribution is -0.138. The summed E-state index contributed by atoms with van der Waals surface area (Å²) in [4.78, 5) is 31.7. The van der Waals surface area contributed by atoms with Gasteiger partial charge in [-0.3, -0.25) is 4.79 Å². The Hall–Kier alpha value is -2.96. The molecule has 0 saturated carbocycles. The molecule has 0 aliphatic heterocycles. The van der Waals surface area contributed by atoms with Crippen LogP contribution in [-0.2, 0) is 33.4 Å². The summed E-state index contributed by atoms with van der Waals surface area (Å²) in [5, 5.41) is 3.30. The van der Waals surface area contributed by atoms with Gasteiger partial charge >= 0.3 is 6.18 Å². The first-order chi connectivity index (χ1) is 20.2. The number of nitrogens with one attached hydrogen (secondary N) is 1. The Morgan fingerprint density at radius 1 is 0.837 bits per heavy atom. The lowest BCUT2D eigenvalue weighted by atomic mass is 9.91. The lowest BCUT2D eigenvalue weighted by Gasteiger charge is -2.17.